The second-order valence-corrected chi connectivity index (χ2v) is 9.28. The van der Waals surface area contributed by atoms with Gasteiger partial charge < -0.3 is 16.0 Å². The molecule has 0 spiro atoms. The molecule has 0 saturated heterocycles. The van der Waals surface area contributed by atoms with Crippen molar-refractivity contribution in [1.29, 1.82) is 0 Å². The maximum atomic E-state index is 13.3. The Labute approximate surface area is 220 Å². The van der Waals surface area contributed by atoms with E-state index in [0.29, 0.717) is 35.1 Å². The van der Waals surface area contributed by atoms with Crippen LogP contribution < -0.4 is 16.0 Å². The molecular formula is C28H23F6N5. The highest BCUT2D eigenvalue weighted by molar-refractivity contribution is 6.01. The van der Waals surface area contributed by atoms with Crippen LogP contribution in [-0.2, 0) is 12.4 Å². The number of hydrogen-bond acceptors (Lipinski definition) is 5. The number of hydrogen-bond donors (Lipinski definition) is 3. The number of benzene rings is 3. The monoisotopic (exact) mass is 543 g/mol. The first-order chi connectivity index (χ1) is 18.4. The van der Waals surface area contributed by atoms with Gasteiger partial charge in [0.1, 0.15) is 5.69 Å². The number of anilines is 3. The molecule has 0 fully saturated rings. The van der Waals surface area contributed by atoms with Gasteiger partial charge in [0, 0.05) is 45.9 Å². The van der Waals surface area contributed by atoms with Crippen molar-refractivity contribution < 1.29 is 26.3 Å². The van der Waals surface area contributed by atoms with Gasteiger partial charge in [-0.05, 0) is 43.8 Å². The van der Waals surface area contributed by atoms with Crippen molar-refractivity contribution in [2.45, 2.75) is 25.3 Å². The van der Waals surface area contributed by atoms with Crippen LogP contribution >= 0.6 is 0 Å². The number of alkyl halides is 6. The molecule has 4 aromatic rings. The molecule has 3 N–H and O–H groups in total. The van der Waals surface area contributed by atoms with Gasteiger partial charge in [0.2, 0.25) is 0 Å². The number of nitrogens with zero attached hydrogens (tertiary/aromatic N) is 2. The average Bonchev–Trinajstić information content (AvgIpc) is 2.87. The summed E-state index contributed by atoms with van der Waals surface area (Å²) in [6.45, 7) is 2.74. The third-order valence-corrected chi connectivity index (χ3v) is 6.38. The summed E-state index contributed by atoms with van der Waals surface area (Å²) in [4.78, 5) is 0. The fraction of sp³-hybridized carbons (Fsp3) is 0.214. The Kier molecular flexibility index (Phi) is 6.71. The number of likely N-dealkylation sites (N-methyl/N-ethyl adjacent to an activating group) is 1. The third-order valence-electron chi connectivity index (χ3n) is 6.38. The van der Waals surface area contributed by atoms with Crippen LogP contribution in [0.25, 0.3) is 27.6 Å². The number of fused-ring (bicyclic) bond motifs is 2. The van der Waals surface area contributed by atoms with E-state index < -0.39 is 29.2 Å². The molecule has 5 rings (SSSR count). The molecule has 0 radical (unpaired) electrons. The van der Waals surface area contributed by atoms with Gasteiger partial charge in [-0.25, -0.2) is 0 Å². The minimum atomic E-state index is -4.96. The van der Waals surface area contributed by atoms with E-state index in [1.54, 1.807) is 24.3 Å². The zero-order chi connectivity index (χ0) is 27.9. The Hall–Kier alpha value is -4.12. The number of nitrogens with one attached hydrogen (secondary N) is 3. The lowest BCUT2D eigenvalue weighted by atomic mass is 9.94. The second-order valence-electron chi connectivity index (χ2n) is 9.28. The lowest BCUT2D eigenvalue weighted by Gasteiger charge is -2.25. The fourth-order valence-corrected chi connectivity index (χ4v) is 4.69. The Morgan fingerprint density at radius 3 is 2.15 bits per heavy atom. The molecule has 5 nitrogen and oxygen atoms in total. The Morgan fingerprint density at radius 2 is 1.51 bits per heavy atom. The van der Waals surface area contributed by atoms with Gasteiger partial charge in [-0.15, -0.1) is 10.2 Å². The SMILES string of the molecule is CNCC1=CC(C)Nc2cc(-c3nnc(Nc4cc(C(F)(F)F)cc(C(F)(F)F)c4)c4ccccc34)ccc21. The van der Waals surface area contributed by atoms with Gasteiger partial charge in [-0.3, -0.25) is 0 Å². The third kappa shape index (κ3) is 5.40. The van der Waals surface area contributed by atoms with Crippen molar-refractivity contribution in [3.05, 3.63) is 83.4 Å². The van der Waals surface area contributed by atoms with Crippen LogP contribution in [0.4, 0.5) is 43.5 Å². The van der Waals surface area contributed by atoms with Crippen LogP contribution in [0.5, 0.6) is 0 Å². The predicted octanol–water partition coefficient (Wildman–Crippen LogP) is 7.49. The van der Waals surface area contributed by atoms with E-state index in [4.69, 9.17) is 0 Å². The van der Waals surface area contributed by atoms with Gasteiger partial charge in [-0.1, -0.05) is 42.5 Å². The highest BCUT2D eigenvalue weighted by Crippen LogP contribution is 2.40. The topological polar surface area (TPSA) is 61.9 Å². The molecule has 0 amide bonds. The van der Waals surface area contributed by atoms with Gasteiger partial charge in [0.25, 0.3) is 0 Å². The molecule has 39 heavy (non-hydrogen) atoms. The average molecular weight is 544 g/mol. The number of aromatic nitrogens is 2. The Balaban J connectivity index is 1.57. The summed E-state index contributed by atoms with van der Waals surface area (Å²) in [5.41, 5.74) is 1.16. The van der Waals surface area contributed by atoms with Crippen LogP contribution in [0.3, 0.4) is 0 Å². The van der Waals surface area contributed by atoms with E-state index >= 15 is 0 Å². The first-order valence-electron chi connectivity index (χ1n) is 12.0. The van der Waals surface area contributed by atoms with Crippen LogP contribution in [-0.4, -0.2) is 29.8 Å². The molecule has 0 aliphatic carbocycles. The maximum absolute atomic E-state index is 13.3. The number of rotatable bonds is 5. The lowest BCUT2D eigenvalue weighted by molar-refractivity contribution is -0.143. The van der Waals surface area contributed by atoms with Crippen molar-refractivity contribution in [2.24, 2.45) is 0 Å². The van der Waals surface area contributed by atoms with Crippen molar-refractivity contribution in [3.8, 4) is 11.3 Å². The summed E-state index contributed by atoms with van der Waals surface area (Å²) in [5, 5.41) is 18.8. The molecule has 1 aromatic heterocycles. The number of halogens is 6. The maximum Gasteiger partial charge on any atom is 0.416 e. The van der Waals surface area contributed by atoms with Crippen LogP contribution in [0.1, 0.15) is 23.6 Å². The quantitative estimate of drug-likeness (QED) is 0.228. The molecule has 3 aromatic carbocycles. The van der Waals surface area contributed by atoms with Gasteiger partial charge in [0.15, 0.2) is 5.82 Å². The largest absolute Gasteiger partial charge is 0.416 e. The lowest BCUT2D eigenvalue weighted by Crippen LogP contribution is -2.22. The molecule has 1 unspecified atom stereocenters. The van der Waals surface area contributed by atoms with Gasteiger partial charge >= 0.3 is 12.4 Å². The van der Waals surface area contributed by atoms with E-state index in [-0.39, 0.29) is 17.9 Å². The molecule has 2 heterocycles. The molecule has 1 atom stereocenters. The highest BCUT2D eigenvalue weighted by atomic mass is 19.4. The second kappa shape index (κ2) is 9.88. The van der Waals surface area contributed by atoms with Crippen molar-refractivity contribution in [1.82, 2.24) is 15.5 Å². The van der Waals surface area contributed by atoms with E-state index in [1.807, 2.05) is 32.2 Å². The van der Waals surface area contributed by atoms with E-state index in [9.17, 15) is 26.3 Å². The normalized spacial score (nSPS) is 15.5. The smallest absolute Gasteiger partial charge is 0.379 e. The molecule has 11 heteroatoms. The molecule has 0 bridgehead atoms. The standard InChI is InChI=1S/C28H23F6N5/c1-15-9-17(14-35-2)21-8-7-16(10-24(21)36-15)25-22-5-3-4-6-23(22)26(39-38-25)37-20-12-18(27(29,30)31)11-19(13-20)28(32,33)34/h3-13,15,35-36H,14H2,1-2H3,(H,37,39). The van der Waals surface area contributed by atoms with Gasteiger partial charge in [-0.2, -0.15) is 26.3 Å². The van der Waals surface area contributed by atoms with E-state index in [1.165, 1.54) is 0 Å². The van der Waals surface area contributed by atoms with Crippen LogP contribution in [0, 0.1) is 0 Å². The Bertz CT molecular complexity index is 1540. The van der Waals surface area contributed by atoms with Crippen molar-refractivity contribution in [2.75, 3.05) is 24.2 Å². The van der Waals surface area contributed by atoms with E-state index in [2.05, 4.69) is 32.2 Å². The molecule has 0 saturated carbocycles. The fourth-order valence-electron chi connectivity index (χ4n) is 4.69. The summed E-state index contributed by atoms with van der Waals surface area (Å²) in [5.74, 6) is 0.0331. The van der Waals surface area contributed by atoms with Crippen molar-refractivity contribution in [3.63, 3.8) is 0 Å². The minimum absolute atomic E-state index is 0.0331. The summed E-state index contributed by atoms with van der Waals surface area (Å²) >= 11 is 0. The molecule has 202 valence electrons. The summed E-state index contributed by atoms with van der Waals surface area (Å²) < 4.78 is 80.1. The Morgan fingerprint density at radius 1 is 0.846 bits per heavy atom. The van der Waals surface area contributed by atoms with Crippen LogP contribution in [0.15, 0.2) is 66.7 Å². The molecule has 1 aliphatic heterocycles. The first-order valence-corrected chi connectivity index (χ1v) is 12.0. The summed E-state index contributed by atoms with van der Waals surface area (Å²) in [7, 11) is 1.88. The zero-order valence-electron chi connectivity index (χ0n) is 20.8. The highest BCUT2D eigenvalue weighted by Gasteiger charge is 2.37. The minimum Gasteiger partial charge on any atom is -0.379 e. The summed E-state index contributed by atoms with van der Waals surface area (Å²) in [6.07, 6.45) is -7.78. The molecule has 1 aliphatic rings. The predicted molar refractivity (Wildman–Crippen MR) is 140 cm³/mol. The van der Waals surface area contributed by atoms with Gasteiger partial charge in [0.05, 0.1) is 11.1 Å². The first kappa shape index (κ1) is 26.5. The van der Waals surface area contributed by atoms with Crippen molar-refractivity contribution >= 4 is 33.5 Å². The van der Waals surface area contributed by atoms with Crippen LogP contribution in [0.2, 0.25) is 0 Å². The molecular weight excluding hydrogens is 520 g/mol. The summed E-state index contributed by atoms with van der Waals surface area (Å²) in [6, 6.07) is 14.2. The zero-order valence-corrected chi connectivity index (χ0v) is 20.8. The van der Waals surface area contributed by atoms with E-state index in [0.717, 1.165) is 22.4 Å².